The molecule has 5 heteroatoms. The van der Waals surface area contributed by atoms with Gasteiger partial charge in [-0.3, -0.25) is 0 Å². The Morgan fingerprint density at radius 1 is 1.32 bits per heavy atom. The summed E-state index contributed by atoms with van der Waals surface area (Å²) in [5.74, 6) is 1.98. The second-order valence-corrected chi connectivity index (χ2v) is 4.68. The molecule has 19 heavy (non-hydrogen) atoms. The summed E-state index contributed by atoms with van der Waals surface area (Å²) in [6.07, 6.45) is 7.04. The van der Waals surface area contributed by atoms with Crippen molar-refractivity contribution in [3.8, 4) is 0 Å². The maximum atomic E-state index is 5.36. The molecule has 1 N–H and O–H groups in total. The van der Waals surface area contributed by atoms with Gasteiger partial charge in [0.05, 0.1) is 12.2 Å². The van der Waals surface area contributed by atoms with Crippen LogP contribution in [0, 0.1) is 0 Å². The third kappa shape index (κ3) is 3.92. The van der Waals surface area contributed by atoms with Crippen LogP contribution in [-0.4, -0.2) is 21.3 Å². The quantitative estimate of drug-likeness (QED) is 0.742. The van der Waals surface area contributed by atoms with Crippen LogP contribution >= 0.6 is 0 Å². The summed E-state index contributed by atoms with van der Waals surface area (Å²) in [5.41, 5.74) is 0.959. The van der Waals surface area contributed by atoms with Crippen molar-refractivity contribution in [2.75, 3.05) is 6.54 Å². The second-order valence-electron chi connectivity index (χ2n) is 4.68. The number of rotatable bonds is 8. The molecule has 2 heterocycles. The first-order chi connectivity index (χ1) is 9.33. The van der Waals surface area contributed by atoms with Gasteiger partial charge in [-0.1, -0.05) is 19.0 Å². The Bertz CT molecular complexity index is 489. The molecule has 2 aromatic rings. The standard InChI is InChI=1S/C14H22N4O/c1-3-5-14-16-7-8-18(14)11-13-9-12(17-19-13)10-15-6-4-2/h7-9,15H,3-6,10-11H2,1-2H3. The number of hydrogen-bond acceptors (Lipinski definition) is 4. The van der Waals surface area contributed by atoms with Crippen LogP contribution in [0.4, 0.5) is 0 Å². The fraction of sp³-hybridized carbons (Fsp3) is 0.571. The van der Waals surface area contributed by atoms with Crippen LogP contribution in [0.1, 0.15) is 44.0 Å². The van der Waals surface area contributed by atoms with Crippen molar-refractivity contribution in [3.05, 3.63) is 35.7 Å². The van der Waals surface area contributed by atoms with E-state index in [4.69, 9.17) is 4.52 Å². The SMILES string of the molecule is CCCNCc1cc(Cn2ccnc2CCC)on1. The van der Waals surface area contributed by atoms with E-state index < -0.39 is 0 Å². The molecular weight excluding hydrogens is 240 g/mol. The fourth-order valence-electron chi connectivity index (χ4n) is 2.01. The molecule has 2 rings (SSSR count). The third-order valence-electron chi connectivity index (χ3n) is 2.94. The van der Waals surface area contributed by atoms with Gasteiger partial charge < -0.3 is 14.4 Å². The molecule has 5 nitrogen and oxygen atoms in total. The summed E-state index contributed by atoms with van der Waals surface area (Å²) < 4.78 is 7.48. The third-order valence-corrected chi connectivity index (χ3v) is 2.94. The fourth-order valence-corrected chi connectivity index (χ4v) is 2.01. The molecule has 0 amide bonds. The molecule has 0 saturated heterocycles. The van der Waals surface area contributed by atoms with Crippen molar-refractivity contribution < 1.29 is 4.52 Å². The topological polar surface area (TPSA) is 55.9 Å². The number of aromatic nitrogens is 3. The normalized spacial score (nSPS) is 11.1. The van der Waals surface area contributed by atoms with Crippen LogP contribution in [0.25, 0.3) is 0 Å². The number of nitrogens with zero attached hydrogens (tertiary/aromatic N) is 3. The summed E-state index contributed by atoms with van der Waals surface area (Å²) >= 11 is 0. The van der Waals surface area contributed by atoms with E-state index in [1.165, 1.54) is 0 Å². The Hall–Kier alpha value is -1.62. The molecule has 2 aromatic heterocycles. The van der Waals surface area contributed by atoms with Crippen LogP contribution < -0.4 is 5.32 Å². The van der Waals surface area contributed by atoms with Crippen LogP contribution in [0.2, 0.25) is 0 Å². The number of nitrogens with one attached hydrogen (secondary N) is 1. The van der Waals surface area contributed by atoms with Crippen molar-refractivity contribution >= 4 is 0 Å². The molecular formula is C14H22N4O. The highest BCUT2D eigenvalue weighted by molar-refractivity contribution is 5.07. The van der Waals surface area contributed by atoms with Crippen molar-refractivity contribution in [3.63, 3.8) is 0 Å². The minimum absolute atomic E-state index is 0.704. The first kappa shape index (κ1) is 13.8. The molecule has 0 saturated carbocycles. The molecule has 0 aliphatic carbocycles. The number of hydrogen-bond donors (Lipinski definition) is 1. The van der Waals surface area contributed by atoms with Gasteiger partial charge in [-0.2, -0.15) is 0 Å². The highest BCUT2D eigenvalue weighted by atomic mass is 16.5. The lowest BCUT2D eigenvalue weighted by Crippen LogP contribution is -2.13. The summed E-state index contributed by atoms with van der Waals surface area (Å²) in [6.45, 7) is 6.78. The molecule has 0 aromatic carbocycles. The van der Waals surface area contributed by atoms with Crippen molar-refractivity contribution in [2.24, 2.45) is 0 Å². The van der Waals surface area contributed by atoms with Crippen LogP contribution in [0.15, 0.2) is 23.0 Å². The van der Waals surface area contributed by atoms with E-state index in [9.17, 15) is 0 Å². The summed E-state index contributed by atoms with van der Waals surface area (Å²) in [6, 6.07) is 2.01. The monoisotopic (exact) mass is 262 g/mol. The zero-order valence-corrected chi connectivity index (χ0v) is 11.7. The first-order valence-electron chi connectivity index (χ1n) is 6.98. The smallest absolute Gasteiger partial charge is 0.156 e. The Labute approximate surface area is 114 Å². The summed E-state index contributed by atoms with van der Waals surface area (Å²) in [7, 11) is 0. The van der Waals surface area contributed by atoms with Crippen molar-refractivity contribution in [1.82, 2.24) is 20.0 Å². The molecule has 0 fully saturated rings. The van der Waals surface area contributed by atoms with Gasteiger partial charge in [0, 0.05) is 31.4 Å². The van der Waals surface area contributed by atoms with Crippen LogP contribution in [0.5, 0.6) is 0 Å². The van der Waals surface area contributed by atoms with Gasteiger partial charge in [-0.25, -0.2) is 4.98 Å². The number of imidazole rings is 1. The molecule has 0 bridgehead atoms. The van der Waals surface area contributed by atoms with Gasteiger partial charge in [-0.15, -0.1) is 0 Å². The average Bonchev–Trinajstić information content (AvgIpc) is 3.02. The first-order valence-corrected chi connectivity index (χ1v) is 6.98. The average molecular weight is 262 g/mol. The van der Waals surface area contributed by atoms with Crippen molar-refractivity contribution in [2.45, 2.75) is 46.2 Å². The van der Waals surface area contributed by atoms with E-state index >= 15 is 0 Å². The molecule has 0 spiro atoms. The molecule has 104 valence electrons. The molecule has 0 radical (unpaired) electrons. The molecule has 0 atom stereocenters. The number of aryl methyl sites for hydroxylation is 1. The Balaban J connectivity index is 1.93. The lowest BCUT2D eigenvalue weighted by Gasteiger charge is -2.03. The maximum absolute atomic E-state index is 5.36. The Kier molecular flexibility index (Phi) is 5.15. The van der Waals surface area contributed by atoms with Gasteiger partial charge in [0.15, 0.2) is 5.76 Å². The van der Waals surface area contributed by atoms with Crippen molar-refractivity contribution in [1.29, 1.82) is 0 Å². The van der Waals surface area contributed by atoms with E-state index in [2.05, 4.69) is 33.9 Å². The van der Waals surface area contributed by atoms with E-state index in [-0.39, 0.29) is 0 Å². The van der Waals surface area contributed by atoms with Gasteiger partial charge in [0.2, 0.25) is 0 Å². The minimum Gasteiger partial charge on any atom is -0.359 e. The predicted molar refractivity (Wildman–Crippen MR) is 73.8 cm³/mol. The van der Waals surface area contributed by atoms with E-state index in [1.54, 1.807) is 0 Å². The van der Waals surface area contributed by atoms with E-state index in [0.717, 1.165) is 49.6 Å². The van der Waals surface area contributed by atoms with Gasteiger partial charge in [-0.05, 0) is 19.4 Å². The predicted octanol–water partition coefficient (Wildman–Crippen LogP) is 2.37. The lowest BCUT2D eigenvalue weighted by molar-refractivity contribution is 0.367. The Morgan fingerprint density at radius 2 is 2.21 bits per heavy atom. The van der Waals surface area contributed by atoms with Gasteiger partial charge in [0.1, 0.15) is 5.82 Å². The molecule has 0 unspecified atom stereocenters. The zero-order valence-electron chi connectivity index (χ0n) is 11.7. The Morgan fingerprint density at radius 3 is 3.00 bits per heavy atom. The van der Waals surface area contributed by atoms with Gasteiger partial charge >= 0.3 is 0 Å². The van der Waals surface area contributed by atoms with Gasteiger partial charge in [0.25, 0.3) is 0 Å². The van der Waals surface area contributed by atoms with Crippen LogP contribution in [-0.2, 0) is 19.5 Å². The largest absolute Gasteiger partial charge is 0.359 e. The highest BCUT2D eigenvalue weighted by Crippen LogP contribution is 2.09. The second kappa shape index (κ2) is 7.09. The van der Waals surface area contributed by atoms with Crippen LogP contribution in [0.3, 0.4) is 0 Å². The zero-order chi connectivity index (χ0) is 13.5. The highest BCUT2D eigenvalue weighted by Gasteiger charge is 2.07. The molecule has 0 aliphatic heterocycles. The van der Waals surface area contributed by atoms with E-state index in [1.807, 2.05) is 18.5 Å². The summed E-state index contributed by atoms with van der Waals surface area (Å²) in [5, 5.41) is 7.39. The maximum Gasteiger partial charge on any atom is 0.156 e. The van der Waals surface area contributed by atoms with E-state index in [0.29, 0.717) is 6.54 Å². The summed E-state index contributed by atoms with van der Waals surface area (Å²) in [4.78, 5) is 4.36. The minimum atomic E-state index is 0.704. The molecule has 0 aliphatic rings. The lowest BCUT2D eigenvalue weighted by atomic mass is 10.3.